The molecule has 0 aliphatic rings. The van der Waals surface area contributed by atoms with Gasteiger partial charge in [0.15, 0.2) is 0 Å². The first-order valence-corrected chi connectivity index (χ1v) is 10.00. The van der Waals surface area contributed by atoms with Gasteiger partial charge in [0.1, 0.15) is 11.5 Å². The monoisotopic (exact) mass is 408 g/mol. The summed E-state index contributed by atoms with van der Waals surface area (Å²) in [5, 5.41) is 7.47. The van der Waals surface area contributed by atoms with Crippen molar-refractivity contribution in [1.82, 2.24) is 10.6 Å². The number of aryl methyl sites for hydroxylation is 1. The van der Waals surface area contributed by atoms with Gasteiger partial charge in [0.25, 0.3) is 11.8 Å². The Bertz CT molecular complexity index is 1030. The zero-order chi connectivity index (χ0) is 20.8. The van der Waals surface area contributed by atoms with E-state index in [0.29, 0.717) is 5.56 Å². The van der Waals surface area contributed by atoms with E-state index in [9.17, 15) is 14.0 Å². The van der Waals surface area contributed by atoms with Crippen LogP contribution in [0.25, 0.3) is 6.08 Å². The fourth-order valence-electron chi connectivity index (χ4n) is 2.76. The van der Waals surface area contributed by atoms with Crippen LogP contribution >= 0.6 is 11.3 Å². The topological polar surface area (TPSA) is 58.2 Å². The van der Waals surface area contributed by atoms with Crippen molar-refractivity contribution in [1.29, 1.82) is 0 Å². The van der Waals surface area contributed by atoms with E-state index >= 15 is 0 Å². The van der Waals surface area contributed by atoms with Crippen LogP contribution in [0.1, 0.15) is 39.3 Å². The van der Waals surface area contributed by atoms with Crippen LogP contribution in [0.5, 0.6) is 0 Å². The minimum atomic E-state index is -0.420. The number of carbonyl (C=O) groups excluding carboxylic acids is 2. The second kappa shape index (κ2) is 9.30. The molecule has 0 saturated carbocycles. The maximum atomic E-state index is 13.1. The smallest absolute Gasteiger partial charge is 0.268 e. The fourth-order valence-corrected chi connectivity index (χ4v) is 3.42. The summed E-state index contributed by atoms with van der Waals surface area (Å²) in [6.45, 7) is 3.70. The van der Waals surface area contributed by atoms with Crippen LogP contribution in [0, 0.1) is 12.7 Å². The van der Waals surface area contributed by atoms with E-state index in [4.69, 9.17) is 0 Å². The molecule has 0 radical (unpaired) electrons. The first-order chi connectivity index (χ1) is 13.9. The molecule has 2 amide bonds. The maximum absolute atomic E-state index is 13.1. The fraction of sp³-hybridized carbons (Fsp3) is 0.130. The van der Waals surface area contributed by atoms with Gasteiger partial charge in [-0.2, -0.15) is 0 Å². The van der Waals surface area contributed by atoms with Crippen molar-refractivity contribution in [3.63, 3.8) is 0 Å². The van der Waals surface area contributed by atoms with Gasteiger partial charge in [-0.25, -0.2) is 4.39 Å². The number of nitrogens with one attached hydrogen (secondary N) is 2. The number of amides is 2. The number of carbonyl (C=O) groups is 2. The summed E-state index contributed by atoms with van der Waals surface area (Å²) < 4.78 is 13.1. The molecule has 1 aromatic heterocycles. The molecule has 0 aliphatic carbocycles. The Morgan fingerprint density at radius 2 is 1.83 bits per heavy atom. The standard InChI is InChI=1S/C23H21FN2O2S/c1-15-5-3-6-18(13-15)22(27)26-21(14-20-7-4-12-29-20)23(28)25-16(2)17-8-10-19(24)11-9-17/h3-14,16H,1-2H3,(H,25,28)(H,26,27)/b21-14-. The largest absolute Gasteiger partial charge is 0.344 e. The molecule has 0 fully saturated rings. The average Bonchev–Trinajstić information content (AvgIpc) is 3.21. The van der Waals surface area contributed by atoms with Crippen LogP contribution < -0.4 is 10.6 Å². The van der Waals surface area contributed by atoms with E-state index in [1.54, 1.807) is 43.3 Å². The summed E-state index contributed by atoms with van der Waals surface area (Å²) in [5.41, 5.74) is 2.34. The molecule has 1 unspecified atom stereocenters. The third-order valence-corrected chi connectivity index (χ3v) is 5.14. The molecule has 6 heteroatoms. The molecular weight excluding hydrogens is 387 g/mol. The predicted octanol–water partition coefficient (Wildman–Crippen LogP) is 4.84. The third-order valence-electron chi connectivity index (χ3n) is 4.32. The second-order valence-electron chi connectivity index (χ2n) is 6.64. The number of thiophene rings is 1. The van der Waals surface area contributed by atoms with Gasteiger partial charge in [-0.1, -0.05) is 35.9 Å². The number of halogens is 1. The molecule has 0 bridgehead atoms. The second-order valence-corrected chi connectivity index (χ2v) is 7.62. The molecule has 1 heterocycles. The molecule has 4 nitrogen and oxygen atoms in total. The Hall–Kier alpha value is -3.25. The zero-order valence-corrected chi connectivity index (χ0v) is 16.9. The summed E-state index contributed by atoms with van der Waals surface area (Å²) in [6, 6.07) is 16.5. The van der Waals surface area contributed by atoms with Crippen molar-refractivity contribution in [2.24, 2.45) is 0 Å². The minimum absolute atomic E-state index is 0.146. The number of hydrogen-bond acceptors (Lipinski definition) is 3. The van der Waals surface area contributed by atoms with Crippen LogP contribution in [0.15, 0.2) is 71.7 Å². The Morgan fingerprint density at radius 3 is 2.48 bits per heavy atom. The van der Waals surface area contributed by atoms with Crippen molar-refractivity contribution < 1.29 is 14.0 Å². The molecule has 148 valence electrons. The predicted molar refractivity (Wildman–Crippen MR) is 114 cm³/mol. The average molecular weight is 408 g/mol. The molecule has 0 saturated heterocycles. The maximum Gasteiger partial charge on any atom is 0.268 e. The SMILES string of the molecule is Cc1cccc(C(=O)N/C(=C\c2cccs2)C(=O)NC(C)c2ccc(F)cc2)c1. The summed E-state index contributed by atoms with van der Waals surface area (Å²) >= 11 is 1.46. The summed E-state index contributed by atoms with van der Waals surface area (Å²) in [4.78, 5) is 26.4. The van der Waals surface area contributed by atoms with Crippen molar-refractivity contribution in [2.45, 2.75) is 19.9 Å². The van der Waals surface area contributed by atoms with E-state index in [0.717, 1.165) is 16.0 Å². The molecule has 3 aromatic rings. The van der Waals surface area contributed by atoms with E-state index in [1.165, 1.54) is 23.5 Å². The van der Waals surface area contributed by atoms with E-state index in [1.807, 2.05) is 30.5 Å². The van der Waals surface area contributed by atoms with Crippen LogP contribution in [-0.4, -0.2) is 11.8 Å². The highest BCUT2D eigenvalue weighted by Crippen LogP contribution is 2.16. The van der Waals surface area contributed by atoms with Gasteiger partial charge in [0, 0.05) is 10.4 Å². The van der Waals surface area contributed by atoms with Gasteiger partial charge < -0.3 is 10.6 Å². The van der Waals surface area contributed by atoms with E-state index in [-0.39, 0.29) is 23.5 Å². The number of benzene rings is 2. The zero-order valence-electron chi connectivity index (χ0n) is 16.1. The van der Waals surface area contributed by atoms with Gasteiger partial charge in [-0.3, -0.25) is 9.59 Å². The lowest BCUT2D eigenvalue weighted by Gasteiger charge is -2.16. The molecule has 0 aliphatic heterocycles. The van der Waals surface area contributed by atoms with Gasteiger partial charge in [0.05, 0.1) is 6.04 Å². The van der Waals surface area contributed by atoms with E-state index in [2.05, 4.69) is 10.6 Å². The van der Waals surface area contributed by atoms with Crippen molar-refractivity contribution >= 4 is 29.2 Å². The summed E-state index contributed by atoms with van der Waals surface area (Å²) in [7, 11) is 0. The third kappa shape index (κ3) is 5.62. The lowest BCUT2D eigenvalue weighted by Crippen LogP contribution is -2.36. The Labute approximate surface area is 173 Å². The first-order valence-electron chi connectivity index (χ1n) is 9.12. The molecule has 0 spiro atoms. The Morgan fingerprint density at radius 1 is 1.07 bits per heavy atom. The lowest BCUT2D eigenvalue weighted by molar-refractivity contribution is -0.118. The normalized spacial score (nSPS) is 12.3. The van der Waals surface area contributed by atoms with Crippen LogP contribution in [-0.2, 0) is 4.79 Å². The van der Waals surface area contributed by atoms with Gasteiger partial charge in [-0.15, -0.1) is 11.3 Å². The highest BCUT2D eigenvalue weighted by Gasteiger charge is 2.17. The Balaban J connectivity index is 1.80. The van der Waals surface area contributed by atoms with Crippen molar-refractivity contribution in [3.05, 3.63) is 99.1 Å². The number of rotatable bonds is 6. The lowest BCUT2D eigenvalue weighted by atomic mass is 10.1. The first kappa shape index (κ1) is 20.5. The molecule has 29 heavy (non-hydrogen) atoms. The highest BCUT2D eigenvalue weighted by molar-refractivity contribution is 7.10. The summed E-state index contributed by atoms with van der Waals surface area (Å²) in [5.74, 6) is -1.12. The quantitative estimate of drug-likeness (QED) is 0.573. The van der Waals surface area contributed by atoms with Crippen LogP contribution in [0.3, 0.4) is 0 Å². The Kier molecular flexibility index (Phi) is 6.57. The minimum Gasteiger partial charge on any atom is -0.344 e. The number of hydrogen-bond donors (Lipinski definition) is 2. The van der Waals surface area contributed by atoms with E-state index < -0.39 is 5.91 Å². The van der Waals surface area contributed by atoms with Crippen LogP contribution in [0.2, 0.25) is 0 Å². The van der Waals surface area contributed by atoms with Crippen molar-refractivity contribution in [2.75, 3.05) is 0 Å². The van der Waals surface area contributed by atoms with Crippen LogP contribution in [0.4, 0.5) is 4.39 Å². The molecular formula is C23H21FN2O2S. The van der Waals surface area contributed by atoms with Gasteiger partial charge >= 0.3 is 0 Å². The molecule has 2 N–H and O–H groups in total. The summed E-state index contributed by atoms with van der Waals surface area (Å²) in [6.07, 6.45) is 1.64. The van der Waals surface area contributed by atoms with Gasteiger partial charge in [-0.05, 0) is 61.2 Å². The molecule has 3 rings (SSSR count). The van der Waals surface area contributed by atoms with Gasteiger partial charge in [0.2, 0.25) is 0 Å². The highest BCUT2D eigenvalue weighted by atomic mass is 32.1. The van der Waals surface area contributed by atoms with Crippen molar-refractivity contribution in [3.8, 4) is 0 Å². The molecule has 1 atom stereocenters. The molecule has 2 aromatic carbocycles.